The molecule has 29 heavy (non-hydrogen) atoms. The Labute approximate surface area is 170 Å². The fourth-order valence-electron chi connectivity index (χ4n) is 4.71. The third-order valence-corrected chi connectivity index (χ3v) is 6.37. The number of aryl methyl sites for hydroxylation is 3. The summed E-state index contributed by atoms with van der Waals surface area (Å²) in [7, 11) is 3.29. The molecule has 1 aliphatic rings. The van der Waals surface area contributed by atoms with Gasteiger partial charge in [0.15, 0.2) is 0 Å². The maximum absolute atomic E-state index is 12.8. The molecule has 0 saturated carbocycles. The Balaban J connectivity index is 1.94. The van der Waals surface area contributed by atoms with Gasteiger partial charge in [-0.3, -0.25) is 4.79 Å². The number of benzene rings is 2. The summed E-state index contributed by atoms with van der Waals surface area (Å²) in [5.41, 5.74) is 6.11. The molecule has 0 spiro atoms. The molecule has 0 aliphatic heterocycles. The average Bonchev–Trinajstić information content (AvgIpc) is 3.26. The number of carbonyl (C=O) groups is 1. The van der Waals surface area contributed by atoms with Crippen molar-refractivity contribution < 1.29 is 14.6 Å². The molecule has 1 aliphatic carbocycles. The molecule has 152 valence electrons. The van der Waals surface area contributed by atoms with E-state index in [1.807, 2.05) is 33.9 Å². The largest absolute Gasteiger partial charge is 0.469 e. The highest BCUT2D eigenvalue weighted by Gasteiger charge is 2.41. The van der Waals surface area contributed by atoms with Crippen LogP contribution in [-0.4, -0.2) is 33.2 Å². The average molecular weight is 393 g/mol. The van der Waals surface area contributed by atoms with E-state index in [4.69, 9.17) is 4.74 Å². The Morgan fingerprint density at radius 1 is 1.31 bits per heavy atom. The molecule has 6 heteroatoms. The second kappa shape index (κ2) is 6.95. The molecule has 6 nitrogen and oxygen atoms in total. The normalized spacial score (nSPS) is 17.4. The quantitative estimate of drug-likeness (QED) is 0.686. The van der Waals surface area contributed by atoms with E-state index in [1.54, 1.807) is 4.68 Å². The summed E-state index contributed by atoms with van der Waals surface area (Å²) in [6, 6.07) is 10.3. The summed E-state index contributed by atoms with van der Waals surface area (Å²) in [5, 5.41) is 18.9. The van der Waals surface area contributed by atoms with Gasteiger partial charge >= 0.3 is 5.97 Å². The number of aliphatic hydroxyl groups excluding tert-OH is 1. The topological polar surface area (TPSA) is 77.2 Å². The SMILES string of the molecule is COC(=O)C(C)(C)[C@H](c1ccc2c(c1)C(O)CC2)c1ccc2c(nnn2C)c1C. The zero-order chi connectivity index (χ0) is 20.9. The number of rotatable bonds is 4. The van der Waals surface area contributed by atoms with Crippen LogP contribution in [-0.2, 0) is 23.0 Å². The number of aromatic nitrogens is 3. The molecule has 1 aromatic heterocycles. The van der Waals surface area contributed by atoms with Crippen molar-refractivity contribution >= 4 is 17.0 Å². The van der Waals surface area contributed by atoms with Crippen LogP contribution in [0.5, 0.6) is 0 Å². The van der Waals surface area contributed by atoms with Crippen LogP contribution in [0.4, 0.5) is 0 Å². The van der Waals surface area contributed by atoms with E-state index in [1.165, 1.54) is 12.7 Å². The molecule has 1 N–H and O–H groups in total. The molecular formula is C23H27N3O3. The summed E-state index contributed by atoms with van der Waals surface area (Å²) in [6.07, 6.45) is 1.18. The molecule has 1 heterocycles. The standard InChI is InChI=1S/C23H27N3O3/c1-13-16(9-10-18-21(13)24-25-26(18)4)20(23(2,3)22(28)29-5)15-7-6-14-8-11-19(27)17(14)12-15/h6-7,9-10,12,19-20,27H,8,11H2,1-5H3/t19?,20-/m1/s1. The lowest BCUT2D eigenvalue weighted by molar-refractivity contribution is -0.151. The van der Waals surface area contributed by atoms with Gasteiger partial charge in [0, 0.05) is 13.0 Å². The number of aliphatic hydroxyl groups is 1. The van der Waals surface area contributed by atoms with Crippen LogP contribution in [0.25, 0.3) is 11.0 Å². The van der Waals surface area contributed by atoms with Gasteiger partial charge in [0.25, 0.3) is 0 Å². The molecular weight excluding hydrogens is 366 g/mol. The van der Waals surface area contributed by atoms with Crippen molar-refractivity contribution in [2.24, 2.45) is 12.5 Å². The molecule has 0 saturated heterocycles. The second-order valence-corrected chi connectivity index (χ2v) is 8.52. The fraction of sp³-hybridized carbons (Fsp3) is 0.435. The first-order valence-electron chi connectivity index (χ1n) is 9.93. The van der Waals surface area contributed by atoms with Crippen LogP contribution in [0, 0.1) is 12.3 Å². The van der Waals surface area contributed by atoms with Gasteiger partial charge in [0.1, 0.15) is 5.52 Å². The minimum Gasteiger partial charge on any atom is -0.469 e. The summed E-state index contributed by atoms with van der Waals surface area (Å²) in [5.74, 6) is -0.526. The van der Waals surface area contributed by atoms with Gasteiger partial charge in [-0.25, -0.2) is 4.68 Å². The minimum atomic E-state index is -0.812. The Morgan fingerprint density at radius 2 is 2.07 bits per heavy atom. The zero-order valence-corrected chi connectivity index (χ0v) is 17.6. The molecule has 4 rings (SSSR count). The van der Waals surface area contributed by atoms with Crippen LogP contribution in [0.1, 0.15) is 60.1 Å². The third kappa shape index (κ3) is 3.02. The van der Waals surface area contributed by atoms with Gasteiger partial charge in [-0.05, 0) is 67.5 Å². The molecule has 0 radical (unpaired) electrons. The number of carbonyl (C=O) groups excluding carboxylic acids is 1. The zero-order valence-electron chi connectivity index (χ0n) is 17.6. The number of fused-ring (bicyclic) bond motifs is 2. The first-order chi connectivity index (χ1) is 13.8. The summed E-state index contributed by atoms with van der Waals surface area (Å²) in [6.45, 7) is 5.84. The lowest BCUT2D eigenvalue weighted by atomic mass is 9.69. The molecule has 2 atom stereocenters. The van der Waals surface area contributed by atoms with E-state index in [9.17, 15) is 9.90 Å². The molecule has 0 bridgehead atoms. The Bertz CT molecular complexity index is 1100. The van der Waals surface area contributed by atoms with Gasteiger partial charge < -0.3 is 9.84 Å². The predicted molar refractivity (Wildman–Crippen MR) is 111 cm³/mol. The predicted octanol–water partition coefficient (Wildman–Crippen LogP) is 3.59. The van der Waals surface area contributed by atoms with Gasteiger partial charge in [-0.15, -0.1) is 5.10 Å². The van der Waals surface area contributed by atoms with Gasteiger partial charge in [0.05, 0.1) is 24.1 Å². The first-order valence-corrected chi connectivity index (χ1v) is 9.93. The number of ether oxygens (including phenoxy) is 1. The van der Waals surface area contributed by atoms with Crippen LogP contribution in [0.15, 0.2) is 30.3 Å². The minimum absolute atomic E-state index is 0.251. The second-order valence-electron chi connectivity index (χ2n) is 8.52. The summed E-state index contributed by atoms with van der Waals surface area (Å²) < 4.78 is 6.91. The van der Waals surface area contributed by atoms with Gasteiger partial charge in [-0.1, -0.05) is 29.5 Å². The van der Waals surface area contributed by atoms with E-state index in [-0.39, 0.29) is 11.9 Å². The van der Waals surface area contributed by atoms with Crippen LogP contribution < -0.4 is 0 Å². The third-order valence-electron chi connectivity index (χ3n) is 6.37. The van der Waals surface area contributed by atoms with Gasteiger partial charge in [0.2, 0.25) is 0 Å². The number of hydrogen-bond acceptors (Lipinski definition) is 5. The Kier molecular flexibility index (Phi) is 4.69. The van der Waals surface area contributed by atoms with E-state index in [0.29, 0.717) is 0 Å². The highest BCUT2D eigenvalue weighted by molar-refractivity contribution is 5.82. The maximum atomic E-state index is 12.8. The van der Waals surface area contributed by atoms with E-state index < -0.39 is 11.5 Å². The van der Waals surface area contributed by atoms with Crippen LogP contribution in [0.2, 0.25) is 0 Å². The van der Waals surface area contributed by atoms with Crippen molar-refractivity contribution in [1.29, 1.82) is 0 Å². The molecule has 0 amide bonds. The Morgan fingerprint density at radius 3 is 2.79 bits per heavy atom. The van der Waals surface area contributed by atoms with Crippen molar-refractivity contribution in [2.75, 3.05) is 7.11 Å². The van der Waals surface area contributed by atoms with E-state index in [2.05, 4.69) is 34.6 Å². The van der Waals surface area contributed by atoms with Crippen molar-refractivity contribution in [3.8, 4) is 0 Å². The number of esters is 1. The first kappa shape index (κ1) is 19.6. The molecule has 2 aromatic carbocycles. The van der Waals surface area contributed by atoms with Gasteiger partial charge in [-0.2, -0.15) is 0 Å². The van der Waals surface area contributed by atoms with Crippen molar-refractivity contribution in [2.45, 2.75) is 45.6 Å². The Hall–Kier alpha value is -2.73. The van der Waals surface area contributed by atoms with Crippen molar-refractivity contribution in [3.05, 3.63) is 58.1 Å². The molecule has 0 fully saturated rings. The van der Waals surface area contributed by atoms with E-state index in [0.717, 1.165) is 46.1 Å². The highest BCUT2D eigenvalue weighted by Crippen LogP contribution is 2.45. The molecule has 3 aromatic rings. The summed E-state index contributed by atoms with van der Waals surface area (Å²) in [4.78, 5) is 12.8. The highest BCUT2D eigenvalue weighted by atomic mass is 16.5. The number of hydrogen-bond donors (Lipinski definition) is 1. The molecule has 1 unspecified atom stereocenters. The van der Waals surface area contributed by atoms with Crippen LogP contribution >= 0.6 is 0 Å². The number of methoxy groups -OCH3 is 1. The fourth-order valence-corrected chi connectivity index (χ4v) is 4.71. The summed E-state index contributed by atoms with van der Waals surface area (Å²) >= 11 is 0. The lowest BCUT2D eigenvalue weighted by Crippen LogP contribution is -2.34. The smallest absolute Gasteiger partial charge is 0.312 e. The monoisotopic (exact) mass is 393 g/mol. The lowest BCUT2D eigenvalue weighted by Gasteiger charge is -2.34. The van der Waals surface area contributed by atoms with Crippen LogP contribution in [0.3, 0.4) is 0 Å². The maximum Gasteiger partial charge on any atom is 0.312 e. The van der Waals surface area contributed by atoms with Crippen molar-refractivity contribution in [3.63, 3.8) is 0 Å². The van der Waals surface area contributed by atoms with E-state index >= 15 is 0 Å². The number of nitrogens with zero attached hydrogens (tertiary/aromatic N) is 3. The van der Waals surface area contributed by atoms with Crippen molar-refractivity contribution in [1.82, 2.24) is 15.0 Å².